The van der Waals surface area contributed by atoms with Gasteiger partial charge in [-0.05, 0) is 44.5 Å². The molecule has 0 aliphatic rings. The molecule has 0 radical (unpaired) electrons. The maximum Gasteiger partial charge on any atom is 0.514 e. The Morgan fingerprint density at radius 2 is 1.86 bits per heavy atom. The van der Waals surface area contributed by atoms with E-state index in [1.807, 2.05) is 0 Å². The van der Waals surface area contributed by atoms with Crippen molar-refractivity contribution in [3.8, 4) is 11.5 Å². The van der Waals surface area contributed by atoms with Gasteiger partial charge in [0, 0.05) is 6.08 Å². The van der Waals surface area contributed by atoms with Crippen LogP contribution in [0.2, 0.25) is 0 Å². The monoisotopic (exact) mass is 294 g/mol. The molecular weight excluding hydrogens is 276 g/mol. The first-order chi connectivity index (χ1) is 9.71. The van der Waals surface area contributed by atoms with Gasteiger partial charge >= 0.3 is 12.1 Å². The number of rotatable bonds is 4. The summed E-state index contributed by atoms with van der Waals surface area (Å²) in [6, 6.07) is 4.66. The molecule has 0 amide bonds. The molecule has 21 heavy (non-hydrogen) atoms. The van der Waals surface area contributed by atoms with Crippen molar-refractivity contribution < 1.29 is 28.9 Å². The van der Waals surface area contributed by atoms with Crippen LogP contribution in [-0.2, 0) is 9.53 Å². The number of hydrogen-bond donors (Lipinski definition) is 1. The average molecular weight is 294 g/mol. The van der Waals surface area contributed by atoms with Gasteiger partial charge in [-0.15, -0.1) is 0 Å². The number of benzene rings is 1. The number of carboxylic acids is 1. The molecule has 1 rings (SSSR count). The molecule has 114 valence electrons. The maximum atomic E-state index is 11.6. The number of carbonyl (C=O) groups is 2. The summed E-state index contributed by atoms with van der Waals surface area (Å²) in [5.41, 5.74) is -0.0557. The van der Waals surface area contributed by atoms with Crippen molar-refractivity contribution in [1.82, 2.24) is 0 Å². The summed E-state index contributed by atoms with van der Waals surface area (Å²) in [6.07, 6.45) is 1.57. The molecule has 6 nitrogen and oxygen atoms in total. The second-order valence-corrected chi connectivity index (χ2v) is 5.15. The van der Waals surface area contributed by atoms with Gasteiger partial charge in [-0.1, -0.05) is 6.07 Å². The minimum atomic E-state index is -1.05. The van der Waals surface area contributed by atoms with E-state index in [9.17, 15) is 9.59 Å². The summed E-state index contributed by atoms with van der Waals surface area (Å²) >= 11 is 0. The van der Waals surface area contributed by atoms with E-state index in [2.05, 4.69) is 0 Å². The first-order valence-corrected chi connectivity index (χ1v) is 6.21. The molecule has 0 saturated carbocycles. The lowest BCUT2D eigenvalue weighted by Gasteiger charge is -2.19. The highest BCUT2D eigenvalue weighted by Gasteiger charge is 2.19. The standard InChI is InChI=1S/C15H18O6/c1-15(2,3)21-14(18)20-11-7-5-10(6-8-13(16)17)9-12(11)19-4/h5-9H,1-4H3,(H,16,17). The van der Waals surface area contributed by atoms with Crippen LogP contribution >= 0.6 is 0 Å². The molecule has 1 aromatic rings. The van der Waals surface area contributed by atoms with Gasteiger partial charge in [-0.3, -0.25) is 0 Å². The highest BCUT2D eigenvalue weighted by atomic mass is 16.7. The number of hydrogen-bond acceptors (Lipinski definition) is 5. The predicted molar refractivity (Wildman–Crippen MR) is 76.5 cm³/mol. The summed E-state index contributed by atoms with van der Waals surface area (Å²) in [5, 5.41) is 8.58. The van der Waals surface area contributed by atoms with E-state index in [4.69, 9.17) is 19.3 Å². The molecule has 0 atom stereocenters. The topological polar surface area (TPSA) is 82.1 Å². The van der Waals surface area contributed by atoms with E-state index in [1.165, 1.54) is 19.3 Å². The van der Waals surface area contributed by atoms with Crippen LogP contribution in [0.1, 0.15) is 26.3 Å². The van der Waals surface area contributed by atoms with E-state index in [0.29, 0.717) is 11.3 Å². The third-order valence-electron chi connectivity index (χ3n) is 2.19. The highest BCUT2D eigenvalue weighted by Crippen LogP contribution is 2.29. The fraction of sp³-hybridized carbons (Fsp3) is 0.333. The zero-order chi connectivity index (χ0) is 16.0. The van der Waals surface area contributed by atoms with Crippen LogP contribution < -0.4 is 9.47 Å². The van der Waals surface area contributed by atoms with Gasteiger partial charge in [0.25, 0.3) is 0 Å². The summed E-state index contributed by atoms with van der Waals surface area (Å²) in [5.74, 6) is -0.560. The van der Waals surface area contributed by atoms with Crippen molar-refractivity contribution >= 4 is 18.2 Å². The Morgan fingerprint density at radius 3 is 2.38 bits per heavy atom. The van der Waals surface area contributed by atoms with E-state index < -0.39 is 17.7 Å². The number of carbonyl (C=O) groups excluding carboxylic acids is 1. The van der Waals surface area contributed by atoms with Crippen molar-refractivity contribution in [3.63, 3.8) is 0 Å². The van der Waals surface area contributed by atoms with Gasteiger partial charge in [-0.25, -0.2) is 9.59 Å². The molecule has 0 unspecified atom stereocenters. The Labute approximate surface area is 122 Å². The second kappa shape index (κ2) is 6.78. The van der Waals surface area contributed by atoms with Crippen molar-refractivity contribution in [2.45, 2.75) is 26.4 Å². The number of aliphatic carboxylic acids is 1. The summed E-state index contributed by atoms with van der Waals surface area (Å²) < 4.78 is 15.2. The van der Waals surface area contributed by atoms with Gasteiger partial charge in [-0.2, -0.15) is 0 Å². The van der Waals surface area contributed by atoms with Crippen LogP contribution in [-0.4, -0.2) is 29.9 Å². The molecule has 0 spiro atoms. The highest BCUT2D eigenvalue weighted by molar-refractivity contribution is 5.85. The molecule has 0 aromatic heterocycles. The lowest BCUT2D eigenvalue weighted by molar-refractivity contribution is -0.131. The van der Waals surface area contributed by atoms with Crippen LogP contribution in [0.4, 0.5) is 4.79 Å². The molecule has 1 N–H and O–H groups in total. The van der Waals surface area contributed by atoms with Crippen LogP contribution in [0.5, 0.6) is 11.5 Å². The normalized spacial score (nSPS) is 11.2. The van der Waals surface area contributed by atoms with Gasteiger partial charge in [0.05, 0.1) is 7.11 Å². The third-order valence-corrected chi connectivity index (χ3v) is 2.19. The lowest BCUT2D eigenvalue weighted by atomic mass is 10.2. The van der Waals surface area contributed by atoms with Crippen molar-refractivity contribution in [2.75, 3.05) is 7.11 Å². The minimum absolute atomic E-state index is 0.194. The smallest absolute Gasteiger partial charge is 0.493 e. The molecule has 6 heteroatoms. The van der Waals surface area contributed by atoms with Crippen molar-refractivity contribution in [1.29, 1.82) is 0 Å². The van der Waals surface area contributed by atoms with Gasteiger partial charge in [0.2, 0.25) is 0 Å². The Kier molecular flexibility index (Phi) is 5.35. The van der Waals surface area contributed by atoms with Gasteiger partial charge in [0.15, 0.2) is 11.5 Å². The molecule has 0 aliphatic heterocycles. The SMILES string of the molecule is COc1cc(C=CC(=O)O)ccc1OC(=O)OC(C)(C)C. The molecular formula is C15H18O6. The second-order valence-electron chi connectivity index (χ2n) is 5.15. The lowest BCUT2D eigenvalue weighted by Crippen LogP contribution is -2.26. The Morgan fingerprint density at radius 1 is 1.19 bits per heavy atom. The fourth-order valence-corrected chi connectivity index (χ4v) is 1.40. The molecule has 1 aromatic carbocycles. The quantitative estimate of drug-likeness (QED) is 0.522. The van der Waals surface area contributed by atoms with E-state index in [-0.39, 0.29) is 5.75 Å². The predicted octanol–water partition coefficient (Wildman–Crippen LogP) is 3.11. The van der Waals surface area contributed by atoms with E-state index in [1.54, 1.807) is 32.9 Å². The summed E-state index contributed by atoms with van der Waals surface area (Å²) in [6.45, 7) is 5.18. The first-order valence-electron chi connectivity index (χ1n) is 6.21. The van der Waals surface area contributed by atoms with Gasteiger partial charge in [0.1, 0.15) is 5.60 Å². The van der Waals surface area contributed by atoms with Crippen molar-refractivity contribution in [2.24, 2.45) is 0 Å². The van der Waals surface area contributed by atoms with Crippen molar-refractivity contribution in [3.05, 3.63) is 29.8 Å². The number of ether oxygens (including phenoxy) is 3. The van der Waals surface area contributed by atoms with Crippen LogP contribution in [0, 0.1) is 0 Å². The van der Waals surface area contributed by atoms with Gasteiger partial charge < -0.3 is 19.3 Å². The summed E-state index contributed by atoms with van der Waals surface area (Å²) in [7, 11) is 1.42. The Bertz CT molecular complexity index is 554. The van der Waals surface area contributed by atoms with Crippen LogP contribution in [0.15, 0.2) is 24.3 Å². The molecule has 0 aliphatic carbocycles. The largest absolute Gasteiger partial charge is 0.514 e. The van der Waals surface area contributed by atoms with Crippen LogP contribution in [0.25, 0.3) is 6.08 Å². The average Bonchev–Trinajstić information content (AvgIpc) is 2.35. The van der Waals surface area contributed by atoms with Crippen LogP contribution in [0.3, 0.4) is 0 Å². The first kappa shape index (κ1) is 16.6. The zero-order valence-corrected chi connectivity index (χ0v) is 12.4. The molecule has 0 bridgehead atoms. The molecule has 0 heterocycles. The minimum Gasteiger partial charge on any atom is -0.493 e. The third kappa shape index (κ3) is 5.99. The van der Waals surface area contributed by atoms with E-state index in [0.717, 1.165) is 6.08 Å². The fourth-order valence-electron chi connectivity index (χ4n) is 1.40. The number of methoxy groups -OCH3 is 1. The Hall–Kier alpha value is -2.50. The molecule has 0 saturated heterocycles. The zero-order valence-electron chi connectivity index (χ0n) is 12.4. The summed E-state index contributed by atoms with van der Waals surface area (Å²) in [4.78, 5) is 22.1. The molecule has 0 fully saturated rings. The van der Waals surface area contributed by atoms with E-state index >= 15 is 0 Å². The number of carboxylic acid groups (broad SMARTS) is 1. The Balaban J connectivity index is 2.89. The maximum absolute atomic E-state index is 11.6.